The molecule has 1 fully saturated rings. The van der Waals surface area contributed by atoms with Gasteiger partial charge in [0.15, 0.2) is 0 Å². The maximum Gasteiger partial charge on any atom is 0.248 e. The number of amides is 2. The molecule has 0 spiro atoms. The summed E-state index contributed by atoms with van der Waals surface area (Å²) >= 11 is 0. The van der Waals surface area contributed by atoms with Crippen LogP contribution in [0.15, 0.2) is 24.3 Å². The fourth-order valence-electron chi connectivity index (χ4n) is 1.75. The van der Waals surface area contributed by atoms with Crippen LogP contribution in [-0.2, 0) is 4.79 Å². The maximum atomic E-state index is 11.5. The summed E-state index contributed by atoms with van der Waals surface area (Å²) in [5.74, 6) is -0.361. The molecular formula is C11H12N2O2. The van der Waals surface area contributed by atoms with Gasteiger partial charge in [0.05, 0.1) is 0 Å². The number of nitrogens with zero attached hydrogens (tertiary/aromatic N) is 1. The number of primary amides is 1. The lowest BCUT2D eigenvalue weighted by Crippen LogP contribution is -2.24. The van der Waals surface area contributed by atoms with Gasteiger partial charge in [0.2, 0.25) is 11.8 Å². The molecule has 1 saturated heterocycles. The quantitative estimate of drug-likeness (QED) is 0.778. The SMILES string of the molecule is NC(=O)c1cccc(N2CCCC2=O)c1. The minimum atomic E-state index is -0.469. The molecule has 0 unspecified atom stereocenters. The first kappa shape index (κ1) is 9.71. The van der Waals surface area contributed by atoms with Crippen molar-refractivity contribution in [1.82, 2.24) is 0 Å². The largest absolute Gasteiger partial charge is 0.366 e. The summed E-state index contributed by atoms with van der Waals surface area (Å²) in [7, 11) is 0. The van der Waals surface area contributed by atoms with Gasteiger partial charge >= 0.3 is 0 Å². The third-order valence-corrected chi connectivity index (χ3v) is 2.52. The zero-order valence-corrected chi connectivity index (χ0v) is 8.27. The zero-order valence-electron chi connectivity index (χ0n) is 8.27. The highest BCUT2D eigenvalue weighted by molar-refractivity contribution is 5.98. The molecule has 15 heavy (non-hydrogen) atoms. The minimum absolute atomic E-state index is 0.108. The Balaban J connectivity index is 2.32. The van der Waals surface area contributed by atoms with Crippen molar-refractivity contribution >= 4 is 17.5 Å². The van der Waals surface area contributed by atoms with Gasteiger partial charge in [-0.1, -0.05) is 6.07 Å². The second-order valence-electron chi connectivity index (χ2n) is 3.56. The Kier molecular flexibility index (Phi) is 2.41. The smallest absolute Gasteiger partial charge is 0.248 e. The highest BCUT2D eigenvalue weighted by Gasteiger charge is 2.21. The van der Waals surface area contributed by atoms with E-state index in [2.05, 4.69) is 0 Å². The van der Waals surface area contributed by atoms with Crippen molar-refractivity contribution in [3.8, 4) is 0 Å². The van der Waals surface area contributed by atoms with Crippen LogP contribution in [0.2, 0.25) is 0 Å². The van der Waals surface area contributed by atoms with Crippen LogP contribution in [0.25, 0.3) is 0 Å². The highest BCUT2D eigenvalue weighted by atomic mass is 16.2. The first-order valence-electron chi connectivity index (χ1n) is 4.89. The monoisotopic (exact) mass is 204 g/mol. The van der Waals surface area contributed by atoms with E-state index >= 15 is 0 Å². The van der Waals surface area contributed by atoms with Crippen LogP contribution < -0.4 is 10.6 Å². The van der Waals surface area contributed by atoms with Gasteiger partial charge in [-0.3, -0.25) is 9.59 Å². The van der Waals surface area contributed by atoms with Crippen molar-refractivity contribution in [2.45, 2.75) is 12.8 Å². The van der Waals surface area contributed by atoms with Gasteiger partial charge < -0.3 is 10.6 Å². The van der Waals surface area contributed by atoms with Crippen molar-refractivity contribution in [3.05, 3.63) is 29.8 Å². The Hall–Kier alpha value is -1.84. The molecule has 0 aliphatic carbocycles. The Bertz CT molecular complexity index is 415. The summed E-state index contributed by atoms with van der Waals surface area (Å²) in [4.78, 5) is 24.1. The third kappa shape index (κ3) is 1.83. The van der Waals surface area contributed by atoms with E-state index in [1.165, 1.54) is 0 Å². The van der Waals surface area contributed by atoms with E-state index in [9.17, 15) is 9.59 Å². The van der Waals surface area contributed by atoms with Gasteiger partial charge in [-0.05, 0) is 24.6 Å². The maximum absolute atomic E-state index is 11.5. The normalized spacial score (nSPS) is 15.7. The summed E-state index contributed by atoms with van der Waals surface area (Å²) in [6.45, 7) is 0.723. The molecule has 1 aliphatic heterocycles. The molecule has 1 aliphatic rings. The molecule has 0 atom stereocenters. The summed E-state index contributed by atoms with van der Waals surface area (Å²) in [5, 5.41) is 0. The molecule has 2 N–H and O–H groups in total. The summed E-state index contributed by atoms with van der Waals surface area (Å²) in [6.07, 6.45) is 1.46. The van der Waals surface area contributed by atoms with E-state index in [1.807, 2.05) is 6.07 Å². The van der Waals surface area contributed by atoms with Crippen molar-refractivity contribution in [1.29, 1.82) is 0 Å². The first-order valence-corrected chi connectivity index (χ1v) is 4.89. The number of nitrogens with two attached hydrogens (primary N) is 1. The fourth-order valence-corrected chi connectivity index (χ4v) is 1.75. The van der Waals surface area contributed by atoms with Crippen LogP contribution in [0, 0.1) is 0 Å². The van der Waals surface area contributed by atoms with Crippen LogP contribution in [0.3, 0.4) is 0 Å². The average Bonchev–Trinajstić information content (AvgIpc) is 2.64. The Morgan fingerprint density at radius 3 is 2.80 bits per heavy atom. The van der Waals surface area contributed by atoms with Crippen LogP contribution in [0.5, 0.6) is 0 Å². The molecule has 4 nitrogen and oxygen atoms in total. The van der Waals surface area contributed by atoms with E-state index < -0.39 is 5.91 Å². The van der Waals surface area contributed by atoms with Crippen molar-refractivity contribution < 1.29 is 9.59 Å². The number of carbonyl (C=O) groups is 2. The lowest BCUT2D eigenvalue weighted by Gasteiger charge is -2.15. The van der Waals surface area contributed by atoms with Gasteiger partial charge in [0, 0.05) is 24.2 Å². The van der Waals surface area contributed by atoms with E-state index in [1.54, 1.807) is 23.1 Å². The Labute approximate surface area is 87.7 Å². The molecule has 1 aromatic rings. The lowest BCUT2D eigenvalue weighted by molar-refractivity contribution is -0.117. The second-order valence-corrected chi connectivity index (χ2v) is 3.56. The molecular weight excluding hydrogens is 192 g/mol. The van der Waals surface area contributed by atoms with Crippen molar-refractivity contribution in [2.24, 2.45) is 5.73 Å². The Morgan fingerprint density at radius 1 is 1.40 bits per heavy atom. The van der Waals surface area contributed by atoms with Crippen LogP contribution in [-0.4, -0.2) is 18.4 Å². The van der Waals surface area contributed by atoms with Crippen molar-refractivity contribution in [3.63, 3.8) is 0 Å². The number of hydrogen-bond acceptors (Lipinski definition) is 2. The van der Waals surface area contributed by atoms with Gasteiger partial charge in [-0.15, -0.1) is 0 Å². The third-order valence-electron chi connectivity index (χ3n) is 2.52. The lowest BCUT2D eigenvalue weighted by atomic mass is 10.2. The minimum Gasteiger partial charge on any atom is -0.366 e. The standard InChI is InChI=1S/C11H12N2O2/c12-11(15)8-3-1-4-9(7-8)13-6-2-5-10(13)14/h1,3-4,7H,2,5-6H2,(H2,12,15). The zero-order chi connectivity index (χ0) is 10.8. The topological polar surface area (TPSA) is 63.4 Å². The molecule has 1 aromatic carbocycles. The summed E-state index contributed by atoms with van der Waals surface area (Å²) in [5.41, 5.74) is 6.37. The molecule has 1 heterocycles. The molecule has 78 valence electrons. The van der Waals surface area contributed by atoms with E-state index in [-0.39, 0.29) is 5.91 Å². The molecule has 2 rings (SSSR count). The van der Waals surface area contributed by atoms with Crippen LogP contribution in [0.4, 0.5) is 5.69 Å². The van der Waals surface area contributed by atoms with Crippen LogP contribution in [0.1, 0.15) is 23.2 Å². The summed E-state index contributed by atoms with van der Waals surface area (Å²) in [6, 6.07) is 6.86. The predicted molar refractivity (Wildman–Crippen MR) is 56.5 cm³/mol. The first-order chi connectivity index (χ1) is 7.18. The van der Waals surface area contributed by atoms with Crippen molar-refractivity contribution in [2.75, 3.05) is 11.4 Å². The van der Waals surface area contributed by atoms with E-state index in [4.69, 9.17) is 5.73 Å². The Morgan fingerprint density at radius 2 is 2.20 bits per heavy atom. The van der Waals surface area contributed by atoms with Gasteiger partial charge in [0.1, 0.15) is 0 Å². The highest BCUT2D eigenvalue weighted by Crippen LogP contribution is 2.21. The predicted octanol–water partition coefficient (Wildman–Crippen LogP) is 0.912. The molecule has 4 heteroatoms. The number of hydrogen-bond donors (Lipinski definition) is 1. The number of carbonyl (C=O) groups excluding carboxylic acids is 2. The molecule has 0 radical (unpaired) electrons. The molecule has 2 amide bonds. The van der Waals surface area contributed by atoms with Gasteiger partial charge in [0.25, 0.3) is 0 Å². The van der Waals surface area contributed by atoms with Crippen LogP contribution >= 0.6 is 0 Å². The number of benzene rings is 1. The second kappa shape index (κ2) is 3.73. The van der Waals surface area contributed by atoms with Gasteiger partial charge in [-0.2, -0.15) is 0 Å². The van der Waals surface area contributed by atoms with E-state index in [0.717, 1.165) is 18.7 Å². The molecule has 0 bridgehead atoms. The van der Waals surface area contributed by atoms with Gasteiger partial charge in [-0.25, -0.2) is 0 Å². The number of anilines is 1. The number of rotatable bonds is 2. The summed E-state index contributed by atoms with van der Waals surface area (Å²) < 4.78 is 0. The average molecular weight is 204 g/mol. The molecule has 0 aromatic heterocycles. The van der Waals surface area contributed by atoms with E-state index in [0.29, 0.717) is 12.0 Å². The fraction of sp³-hybridized carbons (Fsp3) is 0.273. The molecule has 0 saturated carbocycles.